The van der Waals surface area contributed by atoms with Gasteiger partial charge in [-0.25, -0.2) is 8.42 Å². The van der Waals surface area contributed by atoms with Crippen LogP contribution in [0.15, 0.2) is 24.3 Å². The summed E-state index contributed by atoms with van der Waals surface area (Å²) in [6.45, 7) is 6.53. The van der Waals surface area contributed by atoms with Crippen LogP contribution in [0.3, 0.4) is 0 Å². The molecule has 1 aromatic rings. The van der Waals surface area contributed by atoms with Crippen molar-refractivity contribution in [2.24, 2.45) is 5.92 Å². The number of hydrogen-bond acceptors (Lipinski definition) is 4. The summed E-state index contributed by atoms with van der Waals surface area (Å²) in [6, 6.07) is 7.50. The maximum absolute atomic E-state index is 12.1. The second kappa shape index (κ2) is 7.88. The van der Waals surface area contributed by atoms with E-state index in [2.05, 4.69) is 24.1 Å². The van der Waals surface area contributed by atoms with E-state index in [-0.39, 0.29) is 18.4 Å². The molecule has 0 aromatic heterocycles. The van der Waals surface area contributed by atoms with E-state index in [9.17, 15) is 13.2 Å². The van der Waals surface area contributed by atoms with Crippen LogP contribution in [0.4, 0.5) is 11.4 Å². The molecule has 1 aromatic carbocycles. The average molecular weight is 353 g/mol. The molecule has 24 heavy (non-hydrogen) atoms. The number of hydrogen-bond donors (Lipinski definition) is 1. The number of carbonyl (C=O) groups is 1. The van der Waals surface area contributed by atoms with Crippen molar-refractivity contribution >= 4 is 27.3 Å². The Bertz CT molecular complexity index is 650. The SMILES string of the molecule is CCN(CC)c1ccc(N(CCNC(=O)C2CC2)S(C)(=O)=O)cc1. The molecule has 1 saturated carbocycles. The summed E-state index contributed by atoms with van der Waals surface area (Å²) in [6.07, 6.45) is 3.07. The van der Waals surface area contributed by atoms with Gasteiger partial charge in [0.1, 0.15) is 0 Å². The molecule has 1 aliphatic rings. The van der Waals surface area contributed by atoms with Crippen LogP contribution in [-0.2, 0) is 14.8 Å². The highest BCUT2D eigenvalue weighted by molar-refractivity contribution is 7.92. The molecule has 7 heteroatoms. The van der Waals surface area contributed by atoms with Crippen molar-refractivity contribution < 1.29 is 13.2 Å². The molecule has 1 fully saturated rings. The summed E-state index contributed by atoms with van der Waals surface area (Å²) in [5.41, 5.74) is 1.69. The van der Waals surface area contributed by atoms with Crippen molar-refractivity contribution in [3.05, 3.63) is 24.3 Å². The number of nitrogens with one attached hydrogen (secondary N) is 1. The zero-order chi connectivity index (χ0) is 17.7. The highest BCUT2D eigenvalue weighted by atomic mass is 32.2. The van der Waals surface area contributed by atoms with Crippen LogP contribution in [0, 0.1) is 5.92 Å². The van der Waals surface area contributed by atoms with Crippen LogP contribution in [0.5, 0.6) is 0 Å². The molecular weight excluding hydrogens is 326 g/mol. The van der Waals surface area contributed by atoms with E-state index in [1.807, 2.05) is 24.3 Å². The van der Waals surface area contributed by atoms with Crippen molar-refractivity contribution in [3.8, 4) is 0 Å². The molecule has 0 atom stereocenters. The topological polar surface area (TPSA) is 69.7 Å². The van der Waals surface area contributed by atoms with Gasteiger partial charge in [0.2, 0.25) is 15.9 Å². The molecule has 1 N–H and O–H groups in total. The first-order valence-electron chi connectivity index (χ1n) is 8.47. The molecule has 6 nitrogen and oxygen atoms in total. The van der Waals surface area contributed by atoms with Crippen molar-refractivity contribution in [1.29, 1.82) is 0 Å². The van der Waals surface area contributed by atoms with Crippen LogP contribution in [0.2, 0.25) is 0 Å². The third-order valence-corrected chi connectivity index (χ3v) is 5.42. The lowest BCUT2D eigenvalue weighted by Gasteiger charge is -2.25. The first kappa shape index (κ1) is 18.6. The van der Waals surface area contributed by atoms with Crippen molar-refractivity contribution in [3.63, 3.8) is 0 Å². The minimum Gasteiger partial charge on any atom is -0.372 e. The van der Waals surface area contributed by atoms with Crippen molar-refractivity contribution in [2.45, 2.75) is 26.7 Å². The minimum atomic E-state index is -3.40. The largest absolute Gasteiger partial charge is 0.372 e. The Labute approximate surface area is 144 Å². The van der Waals surface area contributed by atoms with Gasteiger partial charge >= 0.3 is 0 Å². The van der Waals surface area contributed by atoms with Gasteiger partial charge in [0.05, 0.1) is 18.5 Å². The molecule has 0 radical (unpaired) electrons. The molecule has 0 saturated heterocycles. The van der Waals surface area contributed by atoms with Crippen molar-refractivity contribution in [1.82, 2.24) is 5.32 Å². The van der Waals surface area contributed by atoms with E-state index in [0.29, 0.717) is 12.2 Å². The van der Waals surface area contributed by atoms with Crippen LogP contribution >= 0.6 is 0 Å². The maximum Gasteiger partial charge on any atom is 0.232 e. The number of rotatable bonds is 9. The van der Waals surface area contributed by atoms with Crippen LogP contribution in [0.25, 0.3) is 0 Å². The first-order chi connectivity index (χ1) is 11.4. The third-order valence-electron chi connectivity index (χ3n) is 4.23. The van der Waals surface area contributed by atoms with Crippen molar-refractivity contribution in [2.75, 3.05) is 41.6 Å². The van der Waals surface area contributed by atoms with E-state index < -0.39 is 10.0 Å². The second-order valence-electron chi connectivity index (χ2n) is 6.09. The minimum absolute atomic E-state index is 0.0281. The fourth-order valence-corrected chi connectivity index (χ4v) is 3.60. The van der Waals surface area contributed by atoms with Gasteiger partial charge in [0.15, 0.2) is 0 Å². The Morgan fingerprint density at radius 1 is 1.12 bits per heavy atom. The molecule has 0 spiro atoms. The van der Waals surface area contributed by atoms with Crippen LogP contribution in [-0.4, -0.2) is 46.8 Å². The van der Waals surface area contributed by atoms with Gasteiger partial charge in [-0.15, -0.1) is 0 Å². The summed E-state index contributed by atoms with van der Waals surface area (Å²) in [5, 5.41) is 2.81. The average Bonchev–Trinajstić information content (AvgIpc) is 3.37. The number of benzene rings is 1. The van der Waals surface area contributed by atoms with Gasteiger partial charge < -0.3 is 10.2 Å². The highest BCUT2D eigenvalue weighted by Crippen LogP contribution is 2.28. The second-order valence-corrected chi connectivity index (χ2v) is 8.00. The lowest BCUT2D eigenvalue weighted by atomic mass is 10.2. The maximum atomic E-state index is 12.1. The van der Waals surface area contributed by atoms with Gasteiger partial charge in [-0.3, -0.25) is 9.10 Å². The number of amides is 1. The van der Waals surface area contributed by atoms with Gasteiger partial charge in [-0.1, -0.05) is 0 Å². The summed E-state index contributed by atoms with van der Waals surface area (Å²) in [5.74, 6) is 0.158. The predicted molar refractivity (Wildman–Crippen MR) is 97.9 cm³/mol. The Kier molecular flexibility index (Phi) is 6.10. The van der Waals surface area contributed by atoms with Gasteiger partial charge in [0.25, 0.3) is 0 Å². The molecule has 0 heterocycles. The summed E-state index contributed by atoms with van der Waals surface area (Å²) in [4.78, 5) is 13.9. The first-order valence-corrected chi connectivity index (χ1v) is 10.3. The smallest absolute Gasteiger partial charge is 0.232 e. The normalized spacial score (nSPS) is 14.3. The van der Waals surface area contributed by atoms with E-state index in [0.717, 1.165) is 31.6 Å². The number of anilines is 2. The third kappa shape index (κ3) is 4.87. The van der Waals surface area contributed by atoms with Gasteiger partial charge in [-0.2, -0.15) is 0 Å². The highest BCUT2D eigenvalue weighted by Gasteiger charge is 2.29. The fraction of sp³-hybridized carbons (Fsp3) is 0.588. The number of sulfonamides is 1. The van der Waals surface area contributed by atoms with E-state index in [1.54, 1.807) is 0 Å². The molecular formula is C17H27N3O3S. The molecule has 0 unspecified atom stereocenters. The Hall–Kier alpha value is -1.76. The fourth-order valence-electron chi connectivity index (χ4n) is 2.68. The van der Waals surface area contributed by atoms with Crippen LogP contribution in [0.1, 0.15) is 26.7 Å². The number of carbonyl (C=O) groups excluding carboxylic acids is 1. The summed E-state index contributed by atoms with van der Waals surface area (Å²) < 4.78 is 25.5. The molecule has 134 valence electrons. The van der Waals surface area contributed by atoms with E-state index >= 15 is 0 Å². The predicted octanol–water partition coefficient (Wildman–Crippen LogP) is 1.82. The molecule has 0 bridgehead atoms. The standard InChI is InChI=1S/C17H27N3O3S/c1-4-19(5-2)15-8-10-16(11-9-15)20(24(3,22)23)13-12-18-17(21)14-6-7-14/h8-11,14H,4-7,12-13H2,1-3H3,(H,18,21). The lowest BCUT2D eigenvalue weighted by molar-refractivity contribution is -0.122. The summed E-state index contributed by atoms with van der Waals surface area (Å²) in [7, 11) is -3.40. The zero-order valence-corrected chi connectivity index (χ0v) is 15.5. The van der Waals surface area contributed by atoms with Gasteiger partial charge in [-0.05, 0) is 51.0 Å². The quantitative estimate of drug-likeness (QED) is 0.735. The molecule has 1 aliphatic carbocycles. The zero-order valence-electron chi connectivity index (χ0n) is 14.7. The molecule has 0 aliphatic heterocycles. The summed E-state index contributed by atoms with van der Waals surface area (Å²) >= 11 is 0. The Balaban J connectivity index is 2.05. The van der Waals surface area contributed by atoms with Crippen LogP contribution < -0.4 is 14.5 Å². The van der Waals surface area contributed by atoms with E-state index in [1.165, 1.54) is 10.6 Å². The van der Waals surface area contributed by atoms with Gasteiger partial charge in [0, 0.05) is 31.2 Å². The van der Waals surface area contributed by atoms with E-state index in [4.69, 9.17) is 0 Å². The monoisotopic (exact) mass is 353 g/mol. The molecule has 2 rings (SSSR count). The number of nitrogens with zero attached hydrogens (tertiary/aromatic N) is 2. The molecule has 1 amide bonds. The Morgan fingerprint density at radius 3 is 2.12 bits per heavy atom. The Morgan fingerprint density at radius 2 is 1.67 bits per heavy atom. The lowest BCUT2D eigenvalue weighted by Crippen LogP contribution is -2.38.